The van der Waals surface area contributed by atoms with Crippen molar-refractivity contribution in [1.82, 2.24) is 9.97 Å². The maximum Gasteiger partial charge on any atom is 0.174 e. The highest BCUT2D eigenvalue weighted by molar-refractivity contribution is 5.81. The zero-order chi connectivity index (χ0) is 26.3. The maximum atomic E-state index is 8.00. The van der Waals surface area contributed by atoms with Crippen molar-refractivity contribution in [2.45, 2.75) is 20.3 Å². The van der Waals surface area contributed by atoms with Crippen molar-refractivity contribution in [2.24, 2.45) is 0 Å². The fraction of sp³-hybridized carbons (Fsp3) is 0.214. The minimum absolute atomic E-state index is 0.563. The number of ether oxygens (including phenoxy) is 2. The van der Waals surface area contributed by atoms with Crippen LogP contribution in [0.15, 0.2) is 66.7 Å². The van der Waals surface area contributed by atoms with Crippen LogP contribution in [0.4, 0.5) is 17.3 Å². The summed E-state index contributed by atoms with van der Waals surface area (Å²) in [5.74, 6) is 2.86. The monoisotopic (exact) mass is 488 g/mol. The molecule has 5 rings (SSSR count). The summed E-state index contributed by atoms with van der Waals surface area (Å²) in [6.45, 7) is 9.43. The number of anilines is 3. The SMILES string of the molecule is C=O.C=O.CCc1ccc(C)cc1.CNc1nc2ccccc2nc1Nc1ccc2c(c1)OCCO2. The van der Waals surface area contributed by atoms with Crippen LogP contribution in [0.1, 0.15) is 18.1 Å². The Morgan fingerprint density at radius 2 is 1.39 bits per heavy atom. The number of aryl methyl sites for hydroxylation is 2. The molecular weight excluding hydrogens is 456 g/mol. The van der Waals surface area contributed by atoms with Gasteiger partial charge in [-0.2, -0.15) is 0 Å². The summed E-state index contributed by atoms with van der Waals surface area (Å²) in [5.41, 5.74) is 5.32. The third-order valence-corrected chi connectivity index (χ3v) is 5.14. The number of nitrogens with one attached hydrogen (secondary N) is 2. The van der Waals surface area contributed by atoms with Crippen molar-refractivity contribution in [2.75, 3.05) is 30.9 Å². The highest BCUT2D eigenvalue weighted by atomic mass is 16.6. The molecule has 3 aromatic carbocycles. The summed E-state index contributed by atoms with van der Waals surface area (Å²) in [4.78, 5) is 25.2. The molecule has 2 heterocycles. The van der Waals surface area contributed by atoms with Gasteiger partial charge in [-0.15, -0.1) is 0 Å². The summed E-state index contributed by atoms with van der Waals surface area (Å²) >= 11 is 0. The van der Waals surface area contributed by atoms with Crippen LogP contribution in [0.3, 0.4) is 0 Å². The van der Waals surface area contributed by atoms with E-state index in [1.165, 1.54) is 11.1 Å². The van der Waals surface area contributed by atoms with Gasteiger partial charge in [0, 0.05) is 18.8 Å². The lowest BCUT2D eigenvalue weighted by Gasteiger charge is -2.19. The lowest BCUT2D eigenvalue weighted by molar-refractivity contribution is -0.0987. The zero-order valence-corrected chi connectivity index (χ0v) is 20.9. The van der Waals surface area contributed by atoms with E-state index in [0.717, 1.165) is 34.6 Å². The fourth-order valence-electron chi connectivity index (χ4n) is 3.34. The van der Waals surface area contributed by atoms with Gasteiger partial charge < -0.3 is 29.7 Å². The Morgan fingerprint density at radius 1 is 0.806 bits per heavy atom. The maximum absolute atomic E-state index is 8.00. The average molecular weight is 489 g/mol. The number of benzene rings is 3. The Kier molecular flexibility index (Phi) is 11.4. The molecule has 0 radical (unpaired) electrons. The fourth-order valence-corrected chi connectivity index (χ4v) is 3.34. The van der Waals surface area contributed by atoms with E-state index in [0.29, 0.717) is 24.8 Å². The van der Waals surface area contributed by atoms with E-state index >= 15 is 0 Å². The van der Waals surface area contributed by atoms with E-state index in [-0.39, 0.29) is 0 Å². The first kappa shape index (κ1) is 27.8. The van der Waals surface area contributed by atoms with Gasteiger partial charge in [-0.3, -0.25) is 0 Å². The first-order valence-electron chi connectivity index (χ1n) is 11.4. The van der Waals surface area contributed by atoms with Gasteiger partial charge in [0.15, 0.2) is 23.1 Å². The van der Waals surface area contributed by atoms with Crippen molar-refractivity contribution < 1.29 is 19.1 Å². The van der Waals surface area contributed by atoms with Crippen LogP contribution in [0, 0.1) is 6.92 Å². The molecule has 0 saturated heterocycles. The summed E-state index contributed by atoms with van der Waals surface area (Å²) in [6.07, 6.45) is 1.14. The molecule has 1 aromatic heterocycles. The number of para-hydroxylation sites is 2. The first-order valence-corrected chi connectivity index (χ1v) is 11.4. The Hall–Kier alpha value is -4.46. The van der Waals surface area contributed by atoms with Gasteiger partial charge in [-0.1, -0.05) is 48.9 Å². The Balaban J connectivity index is 0.000000295. The van der Waals surface area contributed by atoms with Crippen LogP contribution < -0.4 is 20.1 Å². The van der Waals surface area contributed by atoms with Crippen molar-refractivity contribution >= 4 is 41.9 Å². The third-order valence-electron chi connectivity index (χ3n) is 5.14. The highest BCUT2D eigenvalue weighted by Crippen LogP contribution is 2.34. The van der Waals surface area contributed by atoms with Crippen molar-refractivity contribution in [3.05, 3.63) is 77.9 Å². The van der Waals surface area contributed by atoms with Gasteiger partial charge in [-0.25, -0.2) is 9.97 Å². The van der Waals surface area contributed by atoms with Crippen LogP contribution in [-0.4, -0.2) is 43.8 Å². The molecule has 0 amide bonds. The second-order valence-electron chi connectivity index (χ2n) is 7.48. The average Bonchev–Trinajstić information content (AvgIpc) is 2.95. The van der Waals surface area contributed by atoms with E-state index in [1.807, 2.05) is 63.1 Å². The minimum atomic E-state index is 0.563. The molecule has 1 aliphatic rings. The second-order valence-corrected chi connectivity index (χ2v) is 7.48. The molecule has 0 spiro atoms. The van der Waals surface area contributed by atoms with Crippen LogP contribution >= 0.6 is 0 Å². The van der Waals surface area contributed by atoms with Crippen molar-refractivity contribution in [3.63, 3.8) is 0 Å². The smallest absolute Gasteiger partial charge is 0.174 e. The van der Waals surface area contributed by atoms with Crippen LogP contribution in [-0.2, 0) is 16.0 Å². The number of rotatable bonds is 4. The first-order chi connectivity index (χ1) is 17.7. The van der Waals surface area contributed by atoms with Gasteiger partial charge in [0.1, 0.15) is 26.8 Å². The van der Waals surface area contributed by atoms with Gasteiger partial charge in [-0.05, 0) is 43.2 Å². The predicted molar refractivity (Wildman–Crippen MR) is 145 cm³/mol. The number of nitrogens with zero attached hydrogens (tertiary/aromatic N) is 2. The van der Waals surface area contributed by atoms with Crippen molar-refractivity contribution in [1.29, 1.82) is 0 Å². The largest absolute Gasteiger partial charge is 0.486 e. The van der Waals surface area contributed by atoms with Crippen LogP contribution in [0.5, 0.6) is 11.5 Å². The number of hydrogen-bond donors (Lipinski definition) is 2. The standard InChI is InChI=1S/C17H16N4O2.C9H12.2CH2O/c1-18-16-17(21-13-5-3-2-4-12(13)20-16)19-11-6-7-14-15(10-11)23-9-8-22-14;1-3-9-6-4-8(2)5-7-9;2*1-2/h2-7,10H,8-9H2,1H3,(H,18,20)(H,19,21);4-7H,3H2,1-2H3;2*1H2. The molecular formula is C28H32N4O4. The molecule has 2 N–H and O–H groups in total. The molecule has 1 aliphatic heterocycles. The zero-order valence-electron chi connectivity index (χ0n) is 20.9. The normalized spacial score (nSPS) is 10.9. The molecule has 0 fully saturated rings. The Labute approximate surface area is 211 Å². The third kappa shape index (κ3) is 7.53. The summed E-state index contributed by atoms with van der Waals surface area (Å²) in [7, 11) is 1.83. The molecule has 8 heteroatoms. The van der Waals surface area contributed by atoms with Crippen molar-refractivity contribution in [3.8, 4) is 11.5 Å². The summed E-state index contributed by atoms with van der Waals surface area (Å²) in [5, 5.41) is 6.37. The lowest BCUT2D eigenvalue weighted by atomic mass is 10.1. The second kappa shape index (κ2) is 14.7. The predicted octanol–water partition coefficient (Wildman–Crippen LogP) is 5.37. The van der Waals surface area contributed by atoms with Gasteiger partial charge in [0.05, 0.1) is 11.0 Å². The Morgan fingerprint density at radius 3 is 1.97 bits per heavy atom. The van der Waals surface area contributed by atoms with E-state index in [9.17, 15) is 0 Å². The summed E-state index contributed by atoms with van der Waals surface area (Å²) < 4.78 is 11.2. The summed E-state index contributed by atoms with van der Waals surface area (Å²) in [6, 6.07) is 22.2. The molecule has 188 valence electrons. The molecule has 36 heavy (non-hydrogen) atoms. The molecule has 0 aliphatic carbocycles. The number of aromatic nitrogens is 2. The molecule has 0 unspecified atom stereocenters. The number of fused-ring (bicyclic) bond motifs is 2. The number of carbonyl (C=O) groups excluding carboxylic acids is 2. The van der Waals surface area contributed by atoms with Gasteiger partial charge >= 0.3 is 0 Å². The van der Waals surface area contributed by atoms with E-state index in [2.05, 4.69) is 58.7 Å². The van der Waals surface area contributed by atoms with Crippen LogP contribution in [0.2, 0.25) is 0 Å². The molecule has 4 aromatic rings. The highest BCUT2D eigenvalue weighted by Gasteiger charge is 2.13. The molecule has 0 bridgehead atoms. The molecule has 0 atom stereocenters. The quantitative estimate of drug-likeness (QED) is 0.395. The molecule has 0 saturated carbocycles. The van der Waals surface area contributed by atoms with Gasteiger partial charge in [0.25, 0.3) is 0 Å². The minimum Gasteiger partial charge on any atom is -0.486 e. The lowest BCUT2D eigenvalue weighted by Crippen LogP contribution is -2.15. The topological polar surface area (TPSA) is 102 Å². The van der Waals surface area contributed by atoms with E-state index in [1.54, 1.807) is 0 Å². The number of hydrogen-bond acceptors (Lipinski definition) is 8. The van der Waals surface area contributed by atoms with Gasteiger partial charge in [0.2, 0.25) is 0 Å². The number of carbonyl (C=O) groups is 2. The Bertz CT molecular complexity index is 1230. The van der Waals surface area contributed by atoms with Crippen LogP contribution in [0.25, 0.3) is 11.0 Å². The van der Waals surface area contributed by atoms with E-state index in [4.69, 9.17) is 19.1 Å². The molecule has 8 nitrogen and oxygen atoms in total. The van der Waals surface area contributed by atoms with E-state index < -0.39 is 0 Å².